The summed E-state index contributed by atoms with van der Waals surface area (Å²) in [6.45, 7) is 6.05. The molecule has 0 aliphatic rings. The normalized spacial score (nSPS) is 11.5. The second-order valence-electron chi connectivity index (χ2n) is 2.88. The summed E-state index contributed by atoms with van der Waals surface area (Å²) in [6.07, 6.45) is 2.27. The maximum Gasteiger partial charge on any atom is 0.343 e. The molecule has 0 bridgehead atoms. The van der Waals surface area contributed by atoms with E-state index in [4.69, 9.17) is 4.74 Å². The average molecular weight is 177 g/mol. The predicted octanol–water partition coefficient (Wildman–Crippen LogP) is 1.72. The van der Waals surface area contributed by atoms with E-state index in [1.54, 1.807) is 9.24 Å². The molecule has 2 nitrogen and oxygen atoms in total. The molecule has 0 aliphatic carbocycles. The quantitative estimate of drug-likeness (QED) is 0.482. The van der Waals surface area contributed by atoms with Gasteiger partial charge in [0.2, 0.25) is 0 Å². The van der Waals surface area contributed by atoms with Gasteiger partial charge in [0.15, 0.2) is 0 Å². The summed E-state index contributed by atoms with van der Waals surface area (Å²) in [5.41, 5.74) is -0.239. The zero-order valence-corrected chi connectivity index (χ0v) is 9.06. The summed E-state index contributed by atoms with van der Waals surface area (Å²) in [4.78, 5) is 10.9. The number of carbonyl (C=O) groups is 1. The van der Waals surface area contributed by atoms with Crippen molar-refractivity contribution in [3.8, 4) is 0 Å². The van der Waals surface area contributed by atoms with Crippen molar-refractivity contribution in [2.75, 3.05) is 6.16 Å². The highest BCUT2D eigenvalue weighted by atomic mass is 31.0. The number of rotatable bonds is 4. The molecule has 0 aliphatic heterocycles. The minimum absolute atomic E-state index is 0.0884. The molecule has 0 amide bonds. The van der Waals surface area contributed by atoms with E-state index >= 15 is 0 Å². The zero-order chi connectivity index (χ0) is 8.91. The van der Waals surface area contributed by atoms with Crippen LogP contribution in [0.5, 0.6) is 0 Å². The Morgan fingerprint density at radius 3 is 2.18 bits per heavy atom. The van der Waals surface area contributed by atoms with Gasteiger partial charge in [0, 0.05) is 0 Å². The highest BCUT2D eigenvalue weighted by Crippen LogP contribution is 2.19. The highest BCUT2D eigenvalue weighted by Gasteiger charge is 2.23. The summed E-state index contributed by atoms with van der Waals surface area (Å²) in [5, 5.41) is 0. The third-order valence-corrected chi connectivity index (χ3v) is 2.47. The topological polar surface area (TPSA) is 26.3 Å². The summed E-state index contributed by atoms with van der Waals surface area (Å²) in [6, 6.07) is 0. The van der Waals surface area contributed by atoms with Crippen LogP contribution in [0.3, 0.4) is 0 Å². The molecule has 1 unspecified atom stereocenters. The minimum atomic E-state index is -0.239. The molecule has 0 radical (unpaired) electrons. The lowest BCUT2D eigenvalue weighted by Crippen LogP contribution is -2.30. The highest BCUT2D eigenvalue weighted by molar-refractivity contribution is 7.18. The molecule has 0 rings (SSSR count). The Morgan fingerprint density at radius 1 is 1.45 bits per heavy atom. The summed E-state index contributed by atoms with van der Waals surface area (Å²) < 4.78 is 5.25. The number of hydrogen-bond donors (Lipinski definition) is 0. The molecule has 66 valence electrons. The first-order valence-corrected chi connectivity index (χ1v) is 5.09. The van der Waals surface area contributed by atoms with Crippen LogP contribution < -0.4 is 0 Å². The van der Waals surface area contributed by atoms with Crippen molar-refractivity contribution in [2.24, 2.45) is 0 Å². The molecule has 0 fully saturated rings. The lowest BCUT2D eigenvalue weighted by atomic mass is 10.0. The molecule has 1 atom stereocenters. The van der Waals surface area contributed by atoms with Gasteiger partial charge in [-0.05, 0) is 29.0 Å². The molecule has 0 aromatic carbocycles. The summed E-state index contributed by atoms with van der Waals surface area (Å²) in [7, 11) is 1.63. The maximum atomic E-state index is 10.9. The molecule has 3 heteroatoms. The summed E-state index contributed by atoms with van der Waals surface area (Å²) >= 11 is 0. The van der Waals surface area contributed by atoms with Gasteiger partial charge in [-0.2, -0.15) is 0 Å². The Balaban J connectivity index is 3.96. The first-order chi connectivity index (χ1) is 5.08. The van der Waals surface area contributed by atoms with E-state index in [-0.39, 0.29) is 11.6 Å². The van der Waals surface area contributed by atoms with E-state index in [1.807, 2.05) is 20.8 Å². The van der Waals surface area contributed by atoms with Gasteiger partial charge >= 0.3 is 5.97 Å². The van der Waals surface area contributed by atoms with E-state index in [0.717, 1.165) is 12.8 Å². The summed E-state index contributed by atoms with van der Waals surface area (Å²) in [5.74, 6) is -0.0884. The zero-order valence-electron chi connectivity index (χ0n) is 7.64. The fraction of sp³-hybridized carbons (Fsp3) is 0.875. The molecule has 0 saturated heterocycles. The smallest absolute Gasteiger partial charge is 0.343 e. The monoisotopic (exact) mass is 177 g/mol. The molecule has 0 aromatic rings. The third-order valence-electron chi connectivity index (χ3n) is 2.06. The largest absolute Gasteiger partial charge is 0.457 e. The average Bonchev–Trinajstić information content (AvgIpc) is 2.04. The Labute approximate surface area is 70.9 Å². The number of esters is 1. The van der Waals surface area contributed by atoms with Gasteiger partial charge < -0.3 is 4.74 Å². The van der Waals surface area contributed by atoms with Gasteiger partial charge in [0.05, 0.1) is 0 Å². The van der Waals surface area contributed by atoms with Gasteiger partial charge in [0.25, 0.3) is 0 Å². The van der Waals surface area contributed by atoms with E-state index in [2.05, 4.69) is 0 Å². The van der Waals surface area contributed by atoms with Crippen LogP contribution in [-0.4, -0.2) is 17.7 Å². The van der Waals surface area contributed by atoms with Crippen LogP contribution in [0.1, 0.15) is 33.6 Å². The van der Waals surface area contributed by atoms with Crippen molar-refractivity contribution in [2.45, 2.75) is 39.2 Å². The van der Waals surface area contributed by atoms with E-state index < -0.39 is 0 Å². The molecule has 0 N–H and O–H groups in total. The molecule has 0 aromatic heterocycles. The Hall–Kier alpha value is -0.100. The molecular formula is C8H18O2P+. The number of ether oxygens (including phenoxy) is 1. The first kappa shape index (κ1) is 10.9. The van der Waals surface area contributed by atoms with Crippen LogP contribution in [-0.2, 0) is 9.53 Å². The van der Waals surface area contributed by atoms with Gasteiger partial charge in [0.1, 0.15) is 11.8 Å². The van der Waals surface area contributed by atoms with Gasteiger partial charge in [-0.3, -0.25) is 0 Å². The fourth-order valence-electron chi connectivity index (χ4n) is 0.720. The van der Waals surface area contributed by atoms with E-state index in [0.29, 0.717) is 6.16 Å². The SMILES string of the molecule is CCC(C)(CC)OC(=O)C[PH3+]. The van der Waals surface area contributed by atoms with E-state index in [1.165, 1.54) is 0 Å². The van der Waals surface area contributed by atoms with Crippen molar-refractivity contribution in [1.29, 1.82) is 0 Å². The maximum absolute atomic E-state index is 10.9. The minimum Gasteiger partial charge on any atom is -0.457 e. The molecule has 0 heterocycles. The first-order valence-electron chi connectivity index (χ1n) is 4.09. The van der Waals surface area contributed by atoms with Crippen molar-refractivity contribution in [3.63, 3.8) is 0 Å². The van der Waals surface area contributed by atoms with Crippen molar-refractivity contribution >= 4 is 15.2 Å². The molecular weight excluding hydrogens is 159 g/mol. The van der Waals surface area contributed by atoms with Crippen LogP contribution in [0, 0.1) is 0 Å². The third kappa shape index (κ3) is 3.71. The second kappa shape index (κ2) is 4.71. The Morgan fingerprint density at radius 2 is 1.91 bits per heavy atom. The van der Waals surface area contributed by atoms with Crippen molar-refractivity contribution in [3.05, 3.63) is 0 Å². The Kier molecular flexibility index (Phi) is 4.67. The van der Waals surface area contributed by atoms with E-state index in [9.17, 15) is 4.79 Å². The van der Waals surface area contributed by atoms with Crippen LogP contribution in [0.2, 0.25) is 0 Å². The Bertz CT molecular complexity index is 130. The fourth-order valence-corrected chi connectivity index (χ4v) is 0.822. The standard InChI is InChI=1S/C8H17O2P/c1-4-8(3,5-2)10-7(9)6-11/h4-6,11H2,1-3H3/p+1. The van der Waals surface area contributed by atoms with Crippen LogP contribution in [0.4, 0.5) is 0 Å². The lowest BCUT2D eigenvalue weighted by Gasteiger charge is -2.25. The van der Waals surface area contributed by atoms with Gasteiger partial charge in [-0.25, -0.2) is 4.79 Å². The number of carbonyl (C=O) groups excluding carboxylic acids is 1. The molecule has 0 saturated carbocycles. The molecule has 11 heavy (non-hydrogen) atoms. The van der Waals surface area contributed by atoms with Crippen LogP contribution in [0.15, 0.2) is 0 Å². The van der Waals surface area contributed by atoms with Gasteiger partial charge in [-0.15, -0.1) is 0 Å². The van der Waals surface area contributed by atoms with Crippen LogP contribution >= 0.6 is 9.24 Å². The van der Waals surface area contributed by atoms with Gasteiger partial charge in [-0.1, -0.05) is 13.8 Å². The van der Waals surface area contributed by atoms with Crippen LogP contribution in [0.25, 0.3) is 0 Å². The number of hydrogen-bond acceptors (Lipinski definition) is 2. The predicted molar refractivity (Wildman–Crippen MR) is 51.1 cm³/mol. The second-order valence-corrected chi connectivity index (χ2v) is 3.38. The lowest BCUT2D eigenvalue weighted by molar-refractivity contribution is -0.155. The molecule has 0 spiro atoms. The van der Waals surface area contributed by atoms with Crippen molar-refractivity contribution in [1.82, 2.24) is 0 Å². The van der Waals surface area contributed by atoms with Crippen molar-refractivity contribution < 1.29 is 9.53 Å².